The quantitative estimate of drug-likeness (QED) is 0.525. The Bertz CT molecular complexity index is 455. The van der Waals surface area contributed by atoms with E-state index in [2.05, 4.69) is 4.98 Å². The number of hydrogen-bond donors (Lipinski definition) is 0. The molecule has 0 atom stereocenters. The number of thioether (sulfide) groups is 1. The molecule has 0 spiro atoms. The molecule has 2 rings (SSSR count). The van der Waals surface area contributed by atoms with Crippen molar-refractivity contribution in [1.82, 2.24) is 4.98 Å². The molecule has 5 heteroatoms. The van der Waals surface area contributed by atoms with E-state index in [4.69, 9.17) is 7.85 Å². The summed E-state index contributed by atoms with van der Waals surface area (Å²) >= 11 is 2.96. The molecule has 1 nitrogen and oxygen atoms in total. The third kappa shape index (κ3) is 1.46. The first kappa shape index (κ1) is 9.03. The first-order chi connectivity index (χ1) is 6.22. The summed E-state index contributed by atoms with van der Waals surface area (Å²) in [6, 6.07) is 3.00. The van der Waals surface area contributed by atoms with Crippen molar-refractivity contribution in [3.05, 3.63) is 17.9 Å². The minimum absolute atomic E-state index is 0.204. The van der Waals surface area contributed by atoms with E-state index in [-0.39, 0.29) is 11.3 Å². The Balaban J connectivity index is 2.76. The van der Waals surface area contributed by atoms with Crippen molar-refractivity contribution in [1.29, 1.82) is 0 Å². The molecule has 1 heterocycles. The van der Waals surface area contributed by atoms with Gasteiger partial charge in [0.15, 0.2) is 4.34 Å². The van der Waals surface area contributed by atoms with Crippen molar-refractivity contribution < 1.29 is 4.39 Å². The zero-order valence-corrected chi connectivity index (χ0v) is 8.51. The zero-order chi connectivity index (χ0) is 9.42. The van der Waals surface area contributed by atoms with Crippen LogP contribution in [0.3, 0.4) is 0 Å². The summed E-state index contributed by atoms with van der Waals surface area (Å²) < 4.78 is 14.7. The molecule has 0 N–H and O–H groups in total. The van der Waals surface area contributed by atoms with Crippen LogP contribution in [0.15, 0.2) is 16.5 Å². The fourth-order valence-electron chi connectivity index (χ4n) is 1.06. The maximum atomic E-state index is 13.0. The van der Waals surface area contributed by atoms with E-state index in [1.165, 1.54) is 29.2 Å². The van der Waals surface area contributed by atoms with E-state index in [0.29, 0.717) is 0 Å². The average molecular weight is 209 g/mol. The Morgan fingerprint density at radius 1 is 1.54 bits per heavy atom. The highest BCUT2D eigenvalue weighted by molar-refractivity contribution is 8.00. The van der Waals surface area contributed by atoms with E-state index < -0.39 is 0 Å². The number of hydrogen-bond acceptors (Lipinski definition) is 3. The molecule has 64 valence electrons. The summed E-state index contributed by atoms with van der Waals surface area (Å²) in [7, 11) is 5.57. The van der Waals surface area contributed by atoms with E-state index in [9.17, 15) is 4.39 Å². The van der Waals surface area contributed by atoms with Crippen LogP contribution in [0.2, 0.25) is 0 Å². The lowest BCUT2D eigenvalue weighted by atomic mass is 9.95. The molecule has 0 unspecified atom stereocenters. The van der Waals surface area contributed by atoms with Gasteiger partial charge in [-0.05, 0) is 23.9 Å². The van der Waals surface area contributed by atoms with E-state index in [0.717, 1.165) is 14.6 Å². The number of aromatic nitrogens is 1. The van der Waals surface area contributed by atoms with Crippen molar-refractivity contribution in [2.24, 2.45) is 0 Å². The first-order valence-corrected chi connectivity index (χ1v) is 5.65. The van der Waals surface area contributed by atoms with Crippen LogP contribution >= 0.6 is 23.1 Å². The normalized spacial score (nSPS) is 10.9. The minimum Gasteiger partial charge on any atom is -0.230 e. The van der Waals surface area contributed by atoms with Gasteiger partial charge in [-0.3, -0.25) is 0 Å². The summed E-state index contributed by atoms with van der Waals surface area (Å²) in [4.78, 5) is 4.27. The average Bonchev–Trinajstić information content (AvgIpc) is 2.55. The largest absolute Gasteiger partial charge is 0.230 e. The number of halogens is 1. The molecule has 0 saturated heterocycles. The van der Waals surface area contributed by atoms with Crippen LogP contribution in [0.1, 0.15) is 0 Å². The van der Waals surface area contributed by atoms with E-state index in [1.807, 2.05) is 6.26 Å². The highest BCUT2D eigenvalue weighted by atomic mass is 32.2. The van der Waals surface area contributed by atoms with Crippen molar-refractivity contribution in [2.45, 2.75) is 4.34 Å². The SMILES string of the molecule is [B]c1c(F)ccc2nc(SC)sc12. The maximum absolute atomic E-state index is 13.0. The maximum Gasteiger partial charge on any atom is 0.150 e. The highest BCUT2D eigenvalue weighted by Crippen LogP contribution is 2.26. The van der Waals surface area contributed by atoms with Crippen LogP contribution in [0, 0.1) is 5.82 Å². The number of benzene rings is 1. The van der Waals surface area contributed by atoms with Crippen LogP contribution in [-0.2, 0) is 0 Å². The fraction of sp³-hybridized carbons (Fsp3) is 0.125. The van der Waals surface area contributed by atoms with Gasteiger partial charge in [-0.25, -0.2) is 9.37 Å². The van der Waals surface area contributed by atoms with E-state index in [1.54, 1.807) is 6.07 Å². The summed E-state index contributed by atoms with van der Waals surface area (Å²) in [5.41, 5.74) is 0.976. The van der Waals surface area contributed by atoms with Crippen LogP contribution in [0.5, 0.6) is 0 Å². The molecule has 1 aromatic heterocycles. The molecule has 0 aliphatic rings. The predicted octanol–water partition coefficient (Wildman–Crippen LogP) is 1.95. The molecule has 1 aromatic carbocycles. The van der Waals surface area contributed by atoms with Gasteiger partial charge in [0.05, 0.1) is 10.2 Å². The molecule has 0 bridgehead atoms. The van der Waals surface area contributed by atoms with Crippen molar-refractivity contribution in [3.63, 3.8) is 0 Å². The molecule has 0 fully saturated rings. The Morgan fingerprint density at radius 3 is 3.00 bits per heavy atom. The van der Waals surface area contributed by atoms with Gasteiger partial charge in [-0.15, -0.1) is 11.3 Å². The first-order valence-electron chi connectivity index (χ1n) is 3.61. The lowest BCUT2D eigenvalue weighted by Gasteiger charge is -1.95. The predicted molar refractivity (Wildman–Crippen MR) is 56.7 cm³/mol. The van der Waals surface area contributed by atoms with Crippen molar-refractivity contribution >= 4 is 46.6 Å². The van der Waals surface area contributed by atoms with Gasteiger partial charge in [-0.1, -0.05) is 11.8 Å². The Morgan fingerprint density at radius 2 is 2.31 bits per heavy atom. The molecular formula is C8H5BFNS2. The van der Waals surface area contributed by atoms with Gasteiger partial charge in [0.25, 0.3) is 0 Å². The van der Waals surface area contributed by atoms with Crippen molar-refractivity contribution in [3.8, 4) is 0 Å². The summed E-state index contributed by atoms with van der Waals surface area (Å²) in [6.07, 6.45) is 1.93. The molecule has 2 radical (unpaired) electrons. The second-order valence-corrected chi connectivity index (χ2v) is 4.55. The molecule has 0 amide bonds. The number of thiazole rings is 1. The Kier molecular flexibility index (Phi) is 2.30. The molecule has 2 aromatic rings. The van der Waals surface area contributed by atoms with Gasteiger partial charge in [0, 0.05) is 0 Å². The van der Waals surface area contributed by atoms with Crippen LogP contribution in [0.4, 0.5) is 4.39 Å². The van der Waals surface area contributed by atoms with Crippen LogP contribution in [0.25, 0.3) is 10.2 Å². The standard InChI is InChI=1S/C8H5BFNS2/c1-12-8-11-5-3-2-4(10)6(9)7(5)13-8/h2-3H,1H3. The smallest absolute Gasteiger partial charge is 0.150 e. The van der Waals surface area contributed by atoms with Gasteiger partial charge >= 0.3 is 0 Å². The van der Waals surface area contributed by atoms with Gasteiger partial charge < -0.3 is 0 Å². The lowest BCUT2D eigenvalue weighted by molar-refractivity contribution is 0.637. The zero-order valence-electron chi connectivity index (χ0n) is 6.87. The molecule has 13 heavy (non-hydrogen) atoms. The molecular weight excluding hydrogens is 204 g/mol. The van der Waals surface area contributed by atoms with E-state index >= 15 is 0 Å². The minimum atomic E-state index is -0.371. The van der Waals surface area contributed by atoms with Crippen LogP contribution in [-0.4, -0.2) is 19.1 Å². The second kappa shape index (κ2) is 3.31. The Labute approximate surface area is 84.8 Å². The second-order valence-electron chi connectivity index (χ2n) is 2.49. The number of fused-ring (bicyclic) bond motifs is 1. The summed E-state index contributed by atoms with van der Waals surface area (Å²) in [6.45, 7) is 0. The van der Waals surface area contributed by atoms with Gasteiger partial charge in [-0.2, -0.15) is 0 Å². The Hall–Kier alpha value is -0.545. The fourth-order valence-corrected chi connectivity index (χ4v) is 2.57. The molecule has 0 aliphatic heterocycles. The van der Waals surface area contributed by atoms with Gasteiger partial charge in [0.2, 0.25) is 0 Å². The summed E-state index contributed by atoms with van der Waals surface area (Å²) in [5, 5.41) is 0. The number of rotatable bonds is 1. The molecule has 0 aliphatic carbocycles. The molecule has 0 saturated carbocycles. The third-order valence-corrected chi connectivity index (χ3v) is 3.79. The lowest BCUT2D eigenvalue weighted by Crippen LogP contribution is -2.07. The number of nitrogens with zero attached hydrogens (tertiary/aromatic N) is 1. The third-order valence-electron chi connectivity index (χ3n) is 1.70. The monoisotopic (exact) mass is 209 g/mol. The summed E-state index contributed by atoms with van der Waals surface area (Å²) in [5.74, 6) is -0.371. The van der Waals surface area contributed by atoms with Crippen LogP contribution < -0.4 is 5.46 Å². The van der Waals surface area contributed by atoms with Gasteiger partial charge in [0.1, 0.15) is 13.7 Å². The topological polar surface area (TPSA) is 12.9 Å². The van der Waals surface area contributed by atoms with Crippen molar-refractivity contribution in [2.75, 3.05) is 6.26 Å². The highest BCUT2D eigenvalue weighted by Gasteiger charge is 2.07.